The summed E-state index contributed by atoms with van der Waals surface area (Å²) in [4.78, 5) is 21.3. The fourth-order valence-electron chi connectivity index (χ4n) is 3.30. The highest BCUT2D eigenvalue weighted by Gasteiger charge is 2.32. The molecule has 0 saturated carbocycles. The van der Waals surface area contributed by atoms with Crippen molar-refractivity contribution in [1.82, 2.24) is 9.88 Å². The molecule has 1 fully saturated rings. The number of rotatable bonds is 4. The van der Waals surface area contributed by atoms with Crippen LogP contribution in [-0.4, -0.2) is 34.9 Å². The van der Waals surface area contributed by atoms with Crippen molar-refractivity contribution in [3.05, 3.63) is 59.0 Å². The van der Waals surface area contributed by atoms with Crippen molar-refractivity contribution in [1.29, 1.82) is 0 Å². The second-order valence-corrected chi connectivity index (χ2v) is 7.43. The van der Waals surface area contributed by atoms with Crippen LogP contribution in [0, 0.1) is 11.7 Å². The predicted octanol–water partition coefficient (Wildman–Crippen LogP) is 4.14. The van der Waals surface area contributed by atoms with Crippen molar-refractivity contribution in [2.75, 3.05) is 18.0 Å². The third-order valence-corrected chi connectivity index (χ3v) is 5.02. The Hall–Kier alpha value is -2.14. The Balaban J connectivity index is 1.83. The number of benzene rings is 1. The van der Waals surface area contributed by atoms with Gasteiger partial charge in [-0.05, 0) is 35.7 Å². The van der Waals surface area contributed by atoms with Gasteiger partial charge in [0.05, 0.1) is 11.1 Å². The summed E-state index contributed by atoms with van der Waals surface area (Å²) in [6.45, 7) is 6.06. The van der Waals surface area contributed by atoms with Crippen LogP contribution in [0.3, 0.4) is 0 Å². The third kappa shape index (κ3) is 4.33. The molecule has 1 aromatic carbocycles. The Labute approximate surface area is 158 Å². The van der Waals surface area contributed by atoms with Gasteiger partial charge in [0.25, 0.3) is 0 Å². The van der Waals surface area contributed by atoms with Gasteiger partial charge in [0, 0.05) is 32.3 Å². The molecule has 1 saturated heterocycles. The van der Waals surface area contributed by atoms with Gasteiger partial charge in [-0.3, -0.25) is 4.79 Å². The van der Waals surface area contributed by atoms with Gasteiger partial charge in [-0.15, -0.1) is 0 Å². The van der Waals surface area contributed by atoms with Crippen LogP contribution in [0.15, 0.2) is 42.6 Å². The number of anilines is 1. The Kier molecular flexibility index (Phi) is 5.77. The molecule has 0 aliphatic carbocycles. The molecule has 138 valence electrons. The molecule has 3 rings (SSSR count). The molecule has 1 atom stereocenters. The van der Waals surface area contributed by atoms with E-state index in [1.165, 1.54) is 12.1 Å². The van der Waals surface area contributed by atoms with E-state index in [1.54, 1.807) is 18.3 Å². The normalized spacial score (nSPS) is 18.3. The smallest absolute Gasteiger partial charge is 0.224 e. The standard InChI is InChI=1S/C20H23ClFN3O/c1-14(2)18-13-24(19-8-5-16(21)11-23-19)10-9-20(26)25(18)12-15-3-6-17(22)7-4-15/h3-8,11,14,18H,9-10,12-13H2,1-2H3. The lowest BCUT2D eigenvalue weighted by molar-refractivity contribution is -0.134. The lowest BCUT2D eigenvalue weighted by atomic mass is 10.0. The molecule has 1 aliphatic rings. The van der Waals surface area contributed by atoms with E-state index < -0.39 is 0 Å². The molecule has 6 heteroatoms. The van der Waals surface area contributed by atoms with Gasteiger partial charge in [0.1, 0.15) is 11.6 Å². The molecule has 26 heavy (non-hydrogen) atoms. The van der Waals surface area contributed by atoms with Gasteiger partial charge >= 0.3 is 0 Å². The minimum atomic E-state index is -0.267. The van der Waals surface area contributed by atoms with Crippen molar-refractivity contribution in [2.24, 2.45) is 5.92 Å². The number of hydrogen-bond donors (Lipinski definition) is 0. The fourth-order valence-corrected chi connectivity index (χ4v) is 3.41. The molecule has 0 N–H and O–H groups in total. The first kappa shape index (κ1) is 18.6. The summed E-state index contributed by atoms with van der Waals surface area (Å²) in [5, 5.41) is 0.595. The zero-order chi connectivity index (χ0) is 18.7. The van der Waals surface area contributed by atoms with Gasteiger partial charge in [0.15, 0.2) is 0 Å². The van der Waals surface area contributed by atoms with Gasteiger partial charge in [0.2, 0.25) is 5.91 Å². The predicted molar refractivity (Wildman–Crippen MR) is 102 cm³/mol. The average molecular weight is 376 g/mol. The van der Waals surface area contributed by atoms with E-state index in [4.69, 9.17) is 11.6 Å². The molecular formula is C20H23ClFN3O. The van der Waals surface area contributed by atoms with Crippen LogP contribution in [0.4, 0.5) is 10.2 Å². The average Bonchev–Trinajstić information content (AvgIpc) is 2.78. The van der Waals surface area contributed by atoms with E-state index in [2.05, 4.69) is 23.7 Å². The van der Waals surface area contributed by atoms with Crippen LogP contribution < -0.4 is 4.90 Å². The zero-order valence-corrected chi connectivity index (χ0v) is 15.8. The first-order chi connectivity index (χ1) is 12.4. The topological polar surface area (TPSA) is 36.4 Å². The number of pyridine rings is 1. The van der Waals surface area contributed by atoms with Crippen molar-refractivity contribution in [3.8, 4) is 0 Å². The molecule has 1 aromatic heterocycles. The quantitative estimate of drug-likeness (QED) is 0.805. The van der Waals surface area contributed by atoms with E-state index in [-0.39, 0.29) is 23.7 Å². The van der Waals surface area contributed by atoms with E-state index >= 15 is 0 Å². The number of carbonyl (C=O) groups is 1. The maximum absolute atomic E-state index is 13.2. The highest BCUT2D eigenvalue weighted by atomic mass is 35.5. The SMILES string of the molecule is CC(C)C1CN(c2ccc(Cl)cn2)CCC(=O)N1Cc1ccc(F)cc1. The monoisotopic (exact) mass is 375 g/mol. The molecular weight excluding hydrogens is 353 g/mol. The summed E-state index contributed by atoms with van der Waals surface area (Å²) in [5.74, 6) is 0.963. The van der Waals surface area contributed by atoms with E-state index in [0.29, 0.717) is 31.1 Å². The second-order valence-electron chi connectivity index (χ2n) is 6.99. The van der Waals surface area contributed by atoms with Crippen molar-refractivity contribution < 1.29 is 9.18 Å². The molecule has 0 spiro atoms. The summed E-state index contributed by atoms with van der Waals surface area (Å²) in [5.41, 5.74) is 0.934. The Morgan fingerprint density at radius 3 is 2.58 bits per heavy atom. The van der Waals surface area contributed by atoms with Crippen LogP contribution >= 0.6 is 11.6 Å². The van der Waals surface area contributed by atoms with Crippen molar-refractivity contribution in [2.45, 2.75) is 32.9 Å². The molecule has 1 amide bonds. The van der Waals surface area contributed by atoms with E-state index in [0.717, 1.165) is 11.4 Å². The summed E-state index contributed by atoms with van der Waals surface area (Å²) in [6.07, 6.45) is 2.05. The summed E-state index contributed by atoms with van der Waals surface area (Å²) < 4.78 is 13.2. The third-order valence-electron chi connectivity index (χ3n) is 4.80. The van der Waals surface area contributed by atoms with E-state index in [9.17, 15) is 9.18 Å². The van der Waals surface area contributed by atoms with Crippen LogP contribution in [0.2, 0.25) is 5.02 Å². The van der Waals surface area contributed by atoms with Crippen molar-refractivity contribution >= 4 is 23.3 Å². The number of nitrogens with zero attached hydrogens (tertiary/aromatic N) is 3. The maximum atomic E-state index is 13.2. The van der Waals surface area contributed by atoms with Crippen molar-refractivity contribution in [3.63, 3.8) is 0 Å². The number of carbonyl (C=O) groups excluding carboxylic acids is 1. The van der Waals surface area contributed by atoms with Gasteiger partial charge in [-0.2, -0.15) is 0 Å². The molecule has 0 radical (unpaired) electrons. The zero-order valence-electron chi connectivity index (χ0n) is 15.0. The molecule has 2 aromatic rings. The summed E-state index contributed by atoms with van der Waals surface area (Å²) in [7, 11) is 0. The highest BCUT2D eigenvalue weighted by molar-refractivity contribution is 6.30. The molecule has 0 bridgehead atoms. The summed E-state index contributed by atoms with van der Waals surface area (Å²) in [6, 6.07) is 10.1. The molecule has 2 heterocycles. The minimum Gasteiger partial charge on any atom is -0.354 e. The second kappa shape index (κ2) is 8.04. The Morgan fingerprint density at radius 2 is 1.96 bits per heavy atom. The fraction of sp³-hybridized carbons (Fsp3) is 0.400. The lowest BCUT2D eigenvalue weighted by Gasteiger charge is -2.35. The Bertz CT molecular complexity index is 749. The van der Waals surface area contributed by atoms with Gasteiger partial charge in [-0.25, -0.2) is 9.37 Å². The van der Waals surface area contributed by atoms with E-state index in [1.807, 2.05) is 17.0 Å². The number of amides is 1. The first-order valence-electron chi connectivity index (χ1n) is 8.84. The molecule has 1 unspecified atom stereocenters. The van der Waals surface area contributed by atoms with Crippen LogP contribution in [0.25, 0.3) is 0 Å². The molecule has 1 aliphatic heterocycles. The van der Waals surface area contributed by atoms with Gasteiger partial charge in [-0.1, -0.05) is 37.6 Å². The van der Waals surface area contributed by atoms with Crippen LogP contribution in [0.1, 0.15) is 25.8 Å². The molecule has 4 nitrogen and oxygen atoms in total. The minimum absolute atomic E-state index is 0.0486. The number of aromatic nitrogens is 1. The van der Waals surface area contributed by atoms with Gasteiger partial charge < -0.3 is 9.80 Å². The summed E-state index contributed by atoms with van der Waals surface area (Å²) >= 11 is 5.94. The maximum Gasteiger partial charge on any atom is 0.224 e. The number of halogens is 2. The Morgan fingerprint density at radius 1 is 1.23 bits per heavy atom. The largest absolute Gasteiger partial charge is 0.354 e. The highest BCUT2D eigenvalue weighted by Crippen LogP contribution is 2.24. The van der Waals surface area contributed by atoms with Crippen LogP contribution in [-0.2, 0) is 11.3 Å². The number of hydrogen-bond acceptors (Lipinski definition) is 3. The lowest BCUT2D eigenvalue weighted by Crippen LogP contribution is -2.46. The van der Waals surface area contributed by atoms with Crippen LogP contribution in [0.5, 0.6) is 0 Å². The first-order valence-corrected chi connectivity index (χ1v) is 9.22.